The summed E-state index contributed by atoms with van der Waals surface area (Å²) in [5.74, 6) is 0.838. The van der Waals surface area contributed by atoms with Crippen LogP contribution < -0.4 is 5.32 Å². The second kappa shape index (κ2) is 5.73. The highest BCUT2D eigenvalue weighted by atomic mass is 32.1. The van der Waals surface area contributed by atoms with Crippen LogP contribution >= 0.6 is 11.3 Å². The van der Waals surface area contributed by atoms with E-state index in [0.29, 0.717) is 17.2 Å². The number of thiophene rings is 1. The molecule has 4 heteroatoms. The van der Waals surface area contributed by atoms with Crippen molar-refractivity contribution in [2.45, 2.75) is 58.7 Å². The average Bonchev–Trinajstić information content (AvgIpc) is 2.99. The second-order valence-corrected chi connectivity index (χ2v) is 8.38. The Bertz CT molecular complexity index is 493. The SMILES string of the molecule is CC(C)CC1NC(c2cccs2)N(CC2(C)CCC2)C1=O. The van der Waals surface area contributed by atoms with Gasteiger partial charge in [0.15, 0.2) is 0 Å². The fraction of sp³-hybridized carbons (Fsp3) is 0.706. The summed E-state index contributed by atoms with van der Waals surface area (Å²) in [6, 6.07) is 4.20. The first-order valence-electron chi connectivity index (χ1n) is 8.08. The standard InChI is InChI=1S/C17H26N2OS/c1-12(2)10-13-16(20)19(11-17(3)7-5-8-17)15(18-13)14-6-4-9-21-14/h4,6,9,12-13,15,18H,5,7-8,10-11H2,1-3H3. The van der Waals surface area contributed by atoms with Crippen molar-refractivity contribution in [3.05, 3.63) is 22.4 Å². The second-order valence-electron chi connectivity index (χ2n) is 7.40. The maximum absolute atomic E-state index is 12.8. The van der Waals surface area contributed by atoms with Crippen molar-refractivity contribution in [3.63, 3.8) is 0 Å². The molecular weight excluding hydrogens is 280 g/mol. The Morgan fingerprint density at radius 2 is 2.24 bits per heavy atom. The molecule has 1 saturated carbocycles. The number of nitrogens with one attached hydrogen (secondary N) is 1. The summed E-state index contributed by atoms with van der Waals surface area (Å²) in [6.07, 6.45) is 4.82. The van der Waals surface area contributed by atoms with Crippen LogP contribution in [0.5, 0.6) is 0 Å². The van der Waals surface area contributed by atoms with Crippen LogP contribution in [-0.2, 0) is 4.79 Å². The van der Waals surface area contributed by atoms with Gasteiger partial charge in [0.1, 0.15) is 6.17 Å². The fourth-order valence-corrected chi connectivity index (χ4v) is 4.32. The van der Waals surface area contributed by atoms with Gasteiger partial charge in [-0.15, -0.1) is 11.3 Å². The molecule has 2 atom stereocenters. The van der Waals surface area contributed by atoms with Gasteiger partial charge < -0.3 is 4.90 Å². The lowest BCUT2D eigenvalue weighted by atomic mass is 9.70. The van der Waals surface area contributed by atoms with Gasteiger partial charge in [-0.3, -0.25) is 10.1 Å². The van der Waals surface area contributed by atoms with Crippen LogP contribution in [0.1, 0.15) is 57.5 Å². The number of rotatable bonds is 5. The van der Waals surface area contributed by atoms with Crippen LogP contribution in [0.2, 0.25) is 0 Å². The lowest BCUT2D eigenvalue weighted by molar-refractivity contribution is -0.132. The van der Waals surface area contributed by atoms with Crippen LogP contribution in [0, 0.1) is 11.3 Å². The smallest absolute Gasteiger partial charge is 0.241 e. The quantitative estimate of drug-likeness (QED) is 0.898. The molecule has 1 aliphatic heterocycles. The van der Waals surface area contributed by atoms with E-state index in [4.69, 9.17) is 0 Å². The van der Waals surface area contributed by atoms with Crippen molar-refractivity contribution in [1.29, 1.82) is 0 Å². The molecule has 1 saturated heterocycles. The Kier molecular flexibility index (Phi) is 4.10. The van der Waals surface area contributed by atoms with E-state index in [1.54, 1.807) is 11.3 Å². The Balaban J connectivity index is 1.80. The minimum Gasteiger partial charge on any atom is -0.320 e. The lowest BCUT2D eigenvalue weighted by Gasteiger charge is -2.42. The Morgan fingerprint density at radius 1 is 1.48 bits per heavy atom. The summed E-state index contributed by atoms with van der Waals surface area (Å²) >= 11 is 1.74. The molecule has 3 nitrogen and oxygen atoms in total. The van der Waals surface area contributed by atoms with E-state index >= 15 is 0 Å². The molecule has 0 bridgehead atoms. The van der Waals surface area contributed by atoms with E-state index in [1.807, 2.05) is 0 Å². The van der Waals surface area contributed by atoms with Crippen LogP contribution in [0.15, 0.2) is 17.5 Å². The molecule has 1 amide bonds. The zero-order valence-electron chi connectivity index (χ0n) is 13.3. The first kappa shape index (κ1) is 15.0. The molecular formula is C17H26N2OS. The number of hydrogen-bond acceptors (Lipinski definition) is 3. The number of carbonyl (C=O) groups excluding carboxylic acids is 1. The molecule has 2 fully saturated rings. The molecule has 0 aromatic carbocycles. The highest BCUT2D eigenvalue weighted by Crippen LogP contribution is 2.43. The molecule has 1 aliphatic carbocycles. The van der Waals surface area contributed by atoms with Crippen molar-refractivity contribution < 1.29 is 4.79 Å². The third kappa shape index (κ3) is 3.02. The zero-order chi connectivity index (χ0) is 15.0. The molecule has 3 rings (SSSR count). The van der Waals surface area contributed by atoms with Crippen molar-refractivity contribution in [2.24, 2.45) is 11.3 Å². The van der Waals surface area contributed by atoms with E-state index < -0.39 is 0 Å². The summed E-state index contributed by atoms with van der Waals surface area (Å²) in [6.45, 7) is 7.59. The molecule has 1 aromatic rings. The van der Waals surface area contributed by atoms with Crippen molar-refractivity contribution in [1.82, 2.24) is 10.2 Å². The van der Waals surface area contributed by atoms with Gasteiger partial charge in [0.05, 0.1) is 6.04 Å². The zero-order valence-corrected chi connectivity index (χ0v) is 14.1. The molecule has 0 spiro atoms. The number of carbonyl (C=O) groups is 1. The van der Waals surface area contributed by atoms with Gasteiger partial charge >= 0.3 is 0 Å². The largest absolute Gasteiger partial charge is 0.320 e. The van der Waals surface area contributed by atoms with E-state index in [2.05, 4.69) is 48.5 Å². The predicted molar refractivity (Wildman–Crippen MR) is 87.1 cm³/mol. The molecule has 2 unspecified atom stereocenters. The fourth-order valence-electron chi connectivity index (χ4n) is 3.52. The van der Waals surface area contributed by atoms with Crippen LogP contribution in [0.4, 0.5) is 0 Å². The van der Waals surface area contributed by atoms with Crippen LogP contribution in [-0.4, -0.2) is 23.4 Å². The molecule has 2 heterocycles. The third-order valence-electron chi connectivity index (χ3n) is 4.88. The van der Waals surface area contributed by atoms with Gasteiger partial charge in [-0.05, 0) is 42.0 Å². The first-order chi connectivity index (χ1) is 9.98. The third-order valence-corrected chi connectivity index (χ3v) is 5.81. The van der Waals surface area contributed by atoms with Crippen LogP contribution in [0.3, 0.4) is 0 Å². The summed E-state index contributed by atoms with van der Waals surface area (Å²) in [4.78, 5) is 16.2. The van der Waals surface area contributed by atoms with Gasteiger partial charge in [0.25, 0.3) is 0 Å². The number of amides is 1. The lowest BCUT2D eigenvalue weighted by Crippen LogP contribution is -2.43. The maximum Gasteiger partial charge on any atom is 0.241 e. The summed E-state index contributed by atoms with van der Waals surface area (Å²) in [7, 11) is 0. The van der Waals surface area contributed by atoms with Crippen molar-refractivity contribution in [3.8, 4) is 0 Å². The highest BCUT2D eigenvalue weighted by molar-refractivity contribution is 7.10. The Hall–Kier alpha value is -0.870. The normalized spacial score (nSPS) is 28.2. The first-order valence-corrected chi connectivity index (χ1v) is 8.96. The minimum absolute atomic E-state index is 0.0132. The Labute approximate surface area is 131 Å². The molecule has 1 aromatic heterocycles. The summed E-state index contributed by atoms with van der Waals surface area (Å²) < 4.78 is 0. The number of nitrogens with zero attached hydrogens (tertiary/aromatic N) is 1. The van der Waals surface area contributed by atoms with E-state index in [9.17, 15) is 4.79 Å². The van der Waals surface area contributed by atoms with Crippen LogP contribution in [0.25, 0.3) is 0 Å². The molecule has 2 aliphatic rings. The predicted octanol–water partition coefficient (Wildman–Crippen LogP) is 3.78. The Morgan fingerprint density at radius 3 is 2.76 bits per heavy atom. The van der Waals surface area contributed by atoms with Gasteiger partial charge in [0.2, 0.25) is 5.91 Å². The van der Waals surface area contributed by atoms with Crippen molar-refractivity contribution >= 4 is 17.2 Å². The topological polar surface area (TPSA) is 32.3 Å². The van der Waals surface area contributed by atoms with Gasteiger partial charge in [-0.2, -0.15) is 0 Å². The van der Waals surface area contributed by atoms with Crippen molar-refractivity contribution in [2.75, 3.05) is 6.54 Å². The molecule has 0 radical (unpaired) electrons. The maximum atomic E-state index is 12.8. The van der Waals surface area contributed by atoms with E-state index in [1.165, 1.54) is 24.1 Å². The molecule has 116 valence electrons. The summed E-state index contributed by atoms with van der Waals surface area (Å²) in [5.41, 5.74) is 0.333. The van der Waals surface area contributed by atoms with Gasteiger partial charge in [-0.1, -0.05) is 33.3 Å². The highest BCUT2D eigenvalue weighted by Gasteiger charge is 2.44. The van der Waals surface area contributed by atoms with E-state index in [0.717, 1.165) is 13.0 Å². The summed E-state index contributed by atoms with van der Waals surface area (Å²) in [5, 5.41) is 5.68. The number of hydrogen-bond donors (Lipinski definition) is 1. The minimum atomic E-state index is -0.0132. The average molecular weight is 306 g/mol. The molecule has 21 heavy (non-hydrogen) atoms. The molecule has 1 N–H and O–H groups in total. The van der Waals surface area contributed by atoms with E-state index in [-0.39, 0.29) is 12.2 Å². The monoisotopic (exact) mass is 306 g/mol. The van der Waals surface area contributed by atoms with Gasteiger partial charge in [0, 0.05) is 11.4 Å². The van der Waals surface area contributed by atoms with Gasteiger partial charge in [-0.25, -0.2) is 0 Å².